The molecule has 0 radical (unpaired) electrons. The molecule has 0 N–H and O–H groups in total. The SMILES string of the molecule is COc1ccc(COC[C@@H]2OC(C)(C)O[C@@H]([C@@H](CCC(C)=O)C(=O)O[C@H](c3ccccc3)[C@H](C)N(Cc3ccccc3)S(=O)(=O)c3c(C)cc(C)cc3C)[C@H]2C)cc1. The van der Waals surface area contributed by atoms with E-state index in [0.717, 1.165) is 22.4 Å². The van der Waals surface area contributed by atoms with Crippen molar-refractivity contribution < 1.29 is 41.7 Å². The number of hydrogen-bond donors (Lipinski definition) is 0. The summed E-state index contributed by atoms with van der Waals surface area (Å²) >= 11 is 0. The van der Waals surface area contributed by atoms with Crippen molar-refractivity contribution in [2.45, 2.75) is 116 Å². The van der Waals surface area contributed by atoms with Crippen LogP contribution >= 0.6 is 0 Å². The minimum absolute atomic E-state index is 0.0399. The van der Waals surface area contributed by atoms with Gasteiger partial charge in [0.25, 0.3) is 0 Å². The molecule has 0 saturated carbocycles. The Balaban J connectivity index is 1.49. The van der Waals surface area contributed by atoms with Crippen LogP contribution in [0.2, 0.25) is 0 Å². The van der Waals surface area contributed by atoms with Crippen molar-refractivity contribution in [3.05, 3.63) is 130 Å². The molecule has 0 amide bonds. The molecule has 1 fully saturated rings. The fourth-order valence-corrected chi connectivity index (χ4v) is 9.96. The molecule has 5 rings (SSSR count). The molecule has 4 aromatic rings. The third kappa shape index (κ3) is 11.2. The summed E-state index contributed by atoms with van der Waals surface area (Å²) < 4.78 is 62.3. The van der Waals surface area contributed by atoms with Gasteiger partial charge in [0.15, 0.2) is 5.79 Å². The topological polar surface area (TPSA) is 118 Å². The third-order valence-electron chi connectivity index (χ3n) is 10.8. The number of nitrogens with zero attached hydrogens (tertiary/aromatic N) is 1. The van der Waals surface area contributed by atoms with Crippen LogP contribution in [0.1, 0.15) is 86.9 Å². The minimum atomic E-state index is -4.16. The van der Waals surface area contributed by atoms with Crippen molar-refractivity contribution in [1.29, 1.82) is 0 Å². The maximum Gasteiger partial charge on any atom is 0.312 e. The maximum atomic E-state index is 15.0. The zero-order chi connectivity index (χ0) is 42.2. The first-order valence-corrected chi connectivity index (χ1v) is 21.4. The molecule has 1 aliphatic heterocycles. The summed E-state index contributed by atoms with van der Waals surface area (Å²) in [6.07, 6.45) is -1.89. The Bertz CT molecular complexity index is 2060. The Morgan fingerprint density at radius 1 is 0.862 bits per heavy atom. The van der Waals surface area contributed by atoms with Gasteiger partial charge in [-0.15, -0.1) is 0 Å². The fraction of sp³-hybridized carbons (Fsp3) is 0.447. The third-order valence-corrected chi connectivity index (χ3v) is 13.0. The van der Waals surface area contributed by atoms with Crippen LogP contribution in [-0.4, -0.2) is 62.2 Å². The van der Waals surface area contributed by atoms with Crippen LogP contribution in [0, 0.1) is 32.6 Å². The Labute approximate surface area is 344 Å². The molecule has 4 aromatic carbocycles. The van der Waals surface area contributed by atoms with Gasteiger partial charge >= 0.3 is 5.97 Å². The highest BCUT2D eigenvalue weighted by Gasteiger charge is 2.48. The molecule has 58 heavy (non-hydrogen) atoms. The largest absolute Gasteiger partial charge is 0.497 e. The Hall–Kier alpha value is -4.39. The van der Waals surface area contributed by atoms with Crippen LogP contribution in [0.15, 0.2) is 102 Å². The number of methoxy groups -OCH3 is 1. The van der Waals surface area contributed by atoms with Crippen molar-refractivity contribution >= 4 is 21.8 Å². The van der Waals surface area contributed by atoms with E-state index >= 15 is 0 Å². The summed E-state index contributed by atoms with van der Waals surface area (Å²) in [7, 11) is -2.54. The van der Waals surface area contributed by atoms with Gasteiger partial charge in [-0.3, -0.25) is 4.79 Å². The highest BCUT2D eigenvalue weighted by atomic mass is 32.2. The van der Waals surface area contributed by atoms with Crippen LogP contribution in [0.5, 0.6) is 5.75 Å². The molecular weight excluding hydrogens is 755 g/mol. The number of Topliss-reactive ketones (excluding diaryl/α,β-unsaturated/α-hetero) is 1. The zero-order valence-corrected chi connectivity index (χ0v) is 36.1. The number of carbonyl (C=O) groups is 2. The number of ether oxygens (including phenoxy) is 5. The van der Waals surface area contributed by atoms with E-state index in [9.17, 15) is 18.0 Å². The number of hydrogen-bond acceptors (Lipinski definition) is 9. The van der Waals surface area contributed by atoms with E-state index in [4.69, 9.17) is 23.7 Å². The second-order valence-electron chi connectivity index (χ2n) is 16.0. The van der Waals surface area contributed by atoms with Crippen LogP contribution in [0.25, 0.3) is 0 Å². The molecule has 0 aromatic heterocycles. The Morgan fingerprint density at radius 3 is 2.05 bits per heavy atom. The zero-order valence-electron chi connectivity index (χ0n) is 35.3. The summed E-state index contributed by atoms with van der Waals surface area (Å²) in [5, 5.41) is 0. The number of sulfonamides is 1. The van der Waals surface area contributed by atoms with E-state index in [2.05, 4.69) is 0 Å². The number of rotatable bonds is 18. The first-order valence-electron chi connectivity index (χ1n) is 20.0. The summed E-state index contributed by atoms with van der Waals surface area (Å²) in [6, 6.07) is 29.1. The molecule has 312 valence electrons. The van der Waals surface area contributed by atoms with Gasteiger partial charge in [-0.25, -0.2) is 8.42 Å². The number of aryl methyl sites for hydroxylation is 3. The van der Waals surface area contributed by atoms with Gasteiger partial charge in [0.2, 0.25) is 10.0 Å². The normalized spacial score (nSPS) is 19.6. The second kappa shape index (κ2) is 19.6. The lowest BCUT2D eigenvalue weighted by Crippen LogP contribution is -2.55. The summed E-state index contributed by atoms with van der Waals surface area (Å²) in [5.74, 6) is -2.23. The molecule has 1 saturated heterocycles. The summed E-state index contributed by atoms with van der Waals surface area (Å²) in [5.41, 5.74) is 4.61. The highest BCUT2D eigenvalue weighted by Crippen LogP contribution is 2.39. The molecule has 1 heterocycles. The van der Waals surface area contributed by atoms with Crippen LogP contribution in [-0.2, 0) is 51.7 Å². The van der Waals surface area contributed by atoms with E-state index in [1.807, 2.05) is 111 Å². The van der Waals surface area contributed by atoms with Crippen molar-refractivity contribution in [1.82, 2.24) is 4.31 Å². The van der Waals surface area contributed by atoms with E-state index < -0.39 is 52.1 Å². The predicted octanol–water partition coefficient (Wildman–Crippen LogP) is 8.84. The molecule has 0 bridgehead atoms. The van der Waals surface area contributed by atoms with Crippen molar-refractivity contribution in [2.24, 2.45) is 11.8 Å². The molecule has 1 aliphatic rings. The molecular formula is C47H59NO9S. The average molecular weight is 814 g/mol. The molecule has 0 spiro atoms. The summed E-state index contributed by atoms with van der Waals surface area (Å²) in [6.45, 7) is 15.0. The Morgan fingerprint density at radius 2 is 1.47 bits per heavy atom. The van der Waals surface area contributed by atoms with Gasteiger partial charge in [-0.05, 0) is 94.8 Å². The lowest BCUT2D eigenvalue weighted by atomic mass is 9.83. The number of benzene rings is 4. The van der Waals surface area contributed by atoms with Crippen molar-refractivity contribution in [2.75, 3.05) is 13.7 Å². The maximum absolute atomic E-state index is 15.0. The first-order chi connectivity index (χ1) is 27.5. The second-order valence-corrected chi connectivity index (χ2v) is 17.8. The van der Waals surface area contributed by atoms with Crippen molar-refractivity contribution in [3.63, 3.8) is 0 Å². The van der Waals surface area contributed by atoms with E-state index in [1.54, 1.807) is 41.7 Å². The minimum Gasteiger partial charge on any atom is -0.497 e. The Kier molecular flexibility index (Phi) is 15.1. The smallest absolute Gasteiger partial charge is 0.312 e. The van der Waals surface area contributed by atoms with Gasteiger partial charge in [0, 0.05) is 18.9 Å². The number of esters is 1. The monoisotopic (exact) mass is 813 g/mol. The van der Waals surface area contributed by atoms with Gasteiger partial charge in [0.1, 0.15) is 17.6 Å². The van der Waals surface area contributed by atoms with Crippen LogP contribution < -0.4 is 4.74 Å². The van der Waals surface area contributed by atoms with Crippen molar-refractivity contribution in [3.8, 4) is 5.75 Å². The van der Waals surface area contributed by atoms with Gasteiger partial charge in [0.05, 0.1) is 49.4 Å². The average Bonchev–Trinajstić information content (AvgIpc) is 3.17. The molecule has 11 heteroatoms. The number of carbonyl (C=O) groups excluding carboxylic acids is 2. The highest BCUT2D eigenvalue weighted by molar-refractivity contribution is 7.89. The van der Waals surface area contributed by atoms with E-state index in [1.165, 1.54) is 11.2 Å². The lowest BCUT2D eigenvalue weighted by Gasteiger charge is -2.47. The van der Waals surface area contributed by atoms with Gasteiger partial charge < -0.3 is 28.5 Å². The first kappa shape index (κ1) is 44.7. The lowest BCUT2D eigenvalue weighted by molar-refractivity contribution is -0.332. The summed E-state index contributed by atoms with van der Waals surface area (Å²) in [4.78, 5) is 27.5. The van der Waals surface area contributed by atoms with E-state index in [0.29, 0.717) is 23.3 Å². The predicted molar refractivity (Wildman–Crippen MR) is 224 cm³/mol. The molecule has 0 aliphatic carbocycles. The van der Waals surface area contributed by atoms with Gasteiger partial charge in [-0.1, -0.05) is 97.4 Å². The van der Waals surface area contributed by atoms with Crippen LogP contribution in [0.4, 0.5) is 0 Å². The van der Waals surface area contributed by atoms with Crippen LogP contribution in [0.3, 0.4) is 0 Å². The standard InChI is InChI=1S/C47H59NO9S/c1-31-26-32(2)45(33(3)27-31)58(51,52)48(28-37-16-12-10-13-17-37)36(6)44(39-18-14-11-15-19-39)55-46(50)41(25-20-34(4)49)43-35(5)42(56-47(7,8)57-43)30-54-29-38-21-23-40(53-9)24-22-38/h10-19,21-24,26-27,35-36,41-44H,20,25,28-30H2,1-9H3/t35-,36-,41+,42-,43+,44-/m0/s1. The van der Waals surface area contributed by atoms with E-state index in [-0.39, 0.29) is 42.6 Å². The number of ketones is 1. The molecule has 10 nitrogen and oxygen atoms in total. The van der Waals surface area contributed by atoms with Gasteiger partial charge in [-0.2, -0.15) is 4.31 Å². The molecule has 0 unspecified atom stereocenters. The molecule has 6 atom stereocenters. The fourth-order valence-electron chi connectivity index (χ4n) is 7.92. The quantitative estimate of drug-likeness (QED) is 0.0909.